The summed E-state index contributed by atoms with van der Waals surface area (Å²) in [5, 5.41) is 12.2. The van der Waals surface area contributed by atoms with Crippen LogP contribution in [0.5, 0.6) is 0 Å². The summed E-state index contributed by atoms with van der Waals surface area (Å²) in [6.45, 7) is 0. The van der Waals surface area contributed by atoms with E-state index in [9.17, 15) is 0 Å². The molecule has 1 heterocycles. The van der Waals surface area contributed by atoms with Crippen LogP contribution in [0, 0.1) is 11.3 Å². The number of likely N-dealkylation sites (N-methyl/N-ethyl adjacent to an activating group) is 1. The Morgan fingerprint density at radius 3 is 2.44 bits per heavy atom. The maximum Gasteiger partial charge on any atom is 0.135 e. The number of hydrazine groups is 1. The molecule has 9 heavy (non-hydrogen) atoms. The van der Waals surface area contributed by atoms with Crippen molar-refractivity contribution in [2.75, 3.05) is 14.1 Å². The molecule has 0 saturated heterocycles. The first kappa shape index (κ1) is 6.12. The minimum atomic E-state index is -0.0741. The molecule has 1 aliphatic heterocycles. The molecule has 1 aliphatic rings. The van der Waals surface area contributed by atoms with Gasteiger partial charge in [-0.05, 0) is 6.08 Å². The van der Waals surface area contributed by atoms with Crippen LogP contribution in [-0.4, -0.2) is 30.2 Å². The molecule has 48 valence electrons. The summed E-state index contributed by atoms with van der Waals surface area (Å²) in [4.78, 5) is 0. The Morgan fingerprint density at radius 2 is 2.22 bits per heavy atom. The largest absolute Gasteiger partial charge is 0.315 e. The molecule has 1 rings (SSSR count). The molecule has 3 heteroatoms. The molecule has 0 aromatic carbocycles. The monoisotopic (exact) mass is 123 g/mol. The topological polar surface area (TPSA) is 30.3 Å². The van der Waals surface area contributed by atoms with Crippen molar-refractivity contribution in [3.05, 3.63) is 12.3 Å². The van der Waals surface area contributed by atoms with Crippen molar-refractivity contribution in [3.63, 3.8) is 0 Å². The lowest BCUT2D eigenvalue weighted by molar-refractivity contribution is 0.0936. The fourth-order valence-corrected chi connectivity index (χ4v) is 0.759. The number of hydrogen-bond donors (Lipinski definition) is 0. The van der Waals surface area contributed by atoms with Gasteiger partial charge in [-0.2, -0.15) is 5.26 Å². The predicted octanol–water partition coefficient (Wildman–Crippen LogP) is 0.184. The first-order valence-corrected chi connectivity index (χ1v) is 2.79. The SMILES string of the molecule is CN1C=CC(C#N)N1C. The zero-order valence-electron chi connectivity index (χ0n) is 5.57. The Kier molecular flexibility index (Phi) is 1.41. The van der Waals surface area contributed by atoms with E-state index in [1.807, 2.05) is 36.4 Å². The van der Waals surface area contributed by atoms with E-state index in [1.54, 1.807) is 0 Å². The van der Waals surface area contributed by atoms with Crippen molar-refractivity contribution >= 4 is 0 Å². The zero-order valence-corrected chi connectivity index (χ0v) is 5.57. The number of nitrogens with zero attached hydrogens (tertiary/aromatic N) is 3. The van der Waals surface area contributed by atoms with Crippen LogP contribution < -0.4 is 0 Å². The average Bonchev–Trinajstić information content (AvgIpc) is 2.15. The molecule has 0 amide bonds. The molecule has 1 unspecified atom stereocenters. The van der Waals surface area contributed by atoms with E-state index in [4.69, 9.17) is 5.26 Å². The van der Waals surface area contributed by atoms with E-state index in [1.165, 1.54) is 0 Å². The van der Waals surface area contributed by atoms with Gasteiger partial charge in [-0.1, -0.05) is 0 Å². The molecule has 0 spiro atoms. The molecule has 0 aliphatic carbocycles. The summed E-state index contributed by atoms with van der Waals surface area (Å²) in [6.07, 6.45) is 3.74. The molecule has 0 N–H and O–H groups in total. The maximum absolute atomic E-state index is 8.48. The van der Waals surface area contributed by atoms with E-state index < -0.39 is 0 Å². The lowest BCUT2D eigenvalue weighted by Gasteiger charge is -2.21. The Morgan fingerprint density at radius 1 is 1.56 bits per heavy atom. The van der Waals surface area contributed by atoms with E-state index in [-0.39, 0.29) is 6.04 Å². The Bertz CT molecular complexity index is 168. The van der Waals surface area contributed by atoms with Crippen molar-refractivity contribution in [2.45, 2.75) is 6.04 Å². The lowest BCUT2D eigenvalue weighted by Crippen LogP contribution is -2.33. The van der Waals surface area contributed by atoms with Gasteiger partial charge < -0.3 is 5.01 Å². The van der Waals surface area contributed by atoms with Gasteiger partial charge in [0, 0.05) is 20.3 Å². The Hall–Kier alpha value is -1.01. The van der Waals surface area contributed by atoms with Crippen LogP contribution in [0.4, 0.5) is 0 Å². The first-order chi connectivity index (χ1) is 4.25. The summed E-state index contributed by atoms with van der Waals surface area (Å²) >= 11 is 0. The molecule has 0 fully saturated rings. The van der Waals surface area contributed by atoms with Crippen LogP contribution in [0.2, 0.25) is 0 Å². The van der Waals surface area contributed by atoms with Gasteiger partial charge in [0.15, 0.2) is 0 Å². The van der Waals surface area contributed by atoms with Gasteiger partial charge in [0.2, 0.25) is 0 Å². The van der Waals surface area contributed by atoms with Crippen molar-refractivity contribution in [3.8, 4) is 6.07 Å². The fourth-order valence-electron chi connectivity index (χ4n) is 0.759. The number of nitriles is 1. The molecule has 1 atom stereocenters. The van der Waals surface area contributed by atoms with E-state index in [0.717, 1.165) is 0 Å². The van der Waals surface area contributed by atoms with Crippen molar-refractivity contribution in [1.82, 2.24) is 10.0 Å². The van der Waals surface area contributed by atoms with Crippen LogP contribution in [0.25, 0.3) is 0 Å². The summed E-state index contributed by atoms with van der Waals surface area (Å²) < 4.78 is 0. The third kappa shape index (κ3) is 0.889. The van der Waals surface area contributed by atoms with Crippen molar-refractivity contribution in [1.29, 1.82) is 5.26 Å². The number of hydrogen-bond acceptors (Lipinski definition) is 3. The normalized spacial score (nSPS) is 26.8. The van der Waals surface area contributed by atoms with Crippen LogP contribution in [-0.2, 0) is 0 Å². The molecular weight excluding hydrogens is 114 g/mol. The van der Waals surface area contributed by atoms with Crippen LogP contribution >= 0.6 is 0 Å². The number of rotatable bonds is 0. The zero-order chi connectivity index (χ0) is 6.85. The van der Waals surface area contributed by atoms with Crippen LogP contribution in [0.3, 0.4) is 0 Å². The molecule has 3 nitrogen and oxygen atoms in total. The van der Waals surface area contributed by atoms with Crippen LogP contribution in [0.15, 0.2) is 12.3 Å². The molecular formula is C6H9N3. The first-order valence-electron chi connectivity index (χ1n) is 2.79. The highest BCUT2D eigenvalue weighted by Crippen LogP contribution is 2.08. The smallest absolute Gasteiger partial charge is 0.135 e. The Balaban J connectivity index is 2.65. The molecule has 0 radical (unpaired) electrons. The fraction of sp³-hybridized carbons (Fsp3) is 0.500. The van der Waals surface area contributed by atoms with Crippen molar-refractivity contribution < 1.29 is 0 Å². The third-order valence-electron chi connectivity index (χ3n) is 1.52. The quantitative estimate of drug-likeness (QED) is 0.460. The summed E-state index contributed by atoms with van der Waals surface area (Å²) in [6, 6.07) is 2.07. The second-order valence-electron chi connectivity index (χ2n) is 2.06. The van der Waals surface area contributed by atoms with Gasteiger partial charge >= 0.3 is 0 Å². The minimum Gasteiger partial charge on any atom is -0.315 e. The third-order valence-corrected chi connectivity index (χ3v) is 1.52. The Labute approximate surface area is 54.8 Å². The molecule has 0 bridgehead atoms. The predicted molar refractivity (Wildman–Crippen MR) is 34.1 cm³/mol. The van der Waals surface area contributed by atoms with Crippen LogP contribution in [0.1, 0.15) is 0 Å². The van der Waals surface area contributed by atoms with Gasteiger partial charge in [-0.3, -0.25) is 0 Å². The summed E-state index contributed by atoms with van der Waals surface area (Å²) in [5.41, 5.74) is 0. The van der Waals surface area contributed by atoms with E-state index >= 15 is 0 Å². The maximum atomic E-state index is 8.48. The van der Waals surface area contributed by atoms with Gasteiger partial charge in [0.25, 0.3) is 0 Å². The lowest BCUT2D eigenvalue weighted by atomic mass is 10.3. The van der Waals surface area contributed by atoms with E-state index in [0.29, 0.717) is 0 Å². The molecule has 0 aromatic heterocycles. The highest BCUT2D eigenvalue weighted by atomic mass is 15.6. The minimum absolute atomic E-state index is 0.0741. The second-order valence-corrected chi connectivity index (χ2v) is 2.06. The van der Waals surface area contributed by atoms with Crippen molar-refractivity contribution in [2.24, 2.45) is 0 Å². The van der Waals surface area contributed by atoms with Gasteiger partial charge in [-0.15, -0.1) is 0 Å². The highest BCUT2D eigenvalue weighted by Gasteiger charge is 2.17. The summed E-state index contributed by atoms with van der Waals surface area (Å²) in [7, 11) is 3.79. The van der Waals surface area contributed by atoms with E-state index in [2.05, 4.69) is 6.07 Å². The molecule has 0 saturated carbocycles. The van der Waals surface area contributed by atoms with Gasteiger partial charge in [-0.25, -0.2) is 5.01 Å². The average molecular weight is 123 g/mol. The summed E-state index contributed by atoms with van der Waals surface area (Å²) in [5.74, 6) is 0. The molecule has 0 aromatic rings. The highest BCUT2D eigenvalue weighted by molar-refractivity contribution is 5.09. The van der Waals surface area contributed by atoms with Gasteiger partial charge in [0.05, 0.1) is 6.07 Å². The van der Waals surface area contributed by atoms with Gasteiger partial charge in [0.1, 0.15) is 6.04 Å². The standard InChI is InChI=1S/C6H9N3/c1-8-4-3-6(5-7)9(8)2/h3-4,6H,1-2H3. The second kappa shape index (κ2) is 2.08.